The summed E-state index contributed by atoms with van der Waals surface area (Å²) in [6.07, 6.45) is 1.10. The maximum atomic E-state index is 2.42. The predicted molar refractivity (Wildman–Crippen MR) is 99.7 cm³/mol. The molecule has 0 aromatic heterocycles. The van der Waals surface area contributed by atoms with Crippen LogP contribution in [0.25, 0.3) is 0 Å². The van der Waals surface area contributed by atoms with Crippen LogP contribution < -0.4 is 10.4 Å². The molecule has 0 bridgehead atoms. The highest BCUT2D eigenvalue weighted by molar-refractivity contribution is 6.87. The van der Waals surface area contributed by atoms with Gasteiger partial charge in [-0.05, 0) is 34.6 Å². The van der Waals surface area contributed by atoms with Crippen LogP contribution in [0.3, 0.4) is 0 Å². The lowest BCUT2D eigenvalue weighted by atomic mass is 10.3. The maximum Gasteiger partial charge on any atom is 0.141 e. The Labute approximate surface area is 137 Å². The van der Waals surface area contributed by atoms with Gasteiger partial charge in [-0.25, -0.2) is 0 Å². The van der Waals surface area contributed by atoms with Crippen LogP contribution in [0.4, 0.5) is 0 Å². The minimum Gasteiger partial charge on any atom is -0.294 e. The summed E-state index contributed by atoms with van der Waals surface area (Å²) in [7, 11) is 7.41. The van der Waals surface area contributed by atoms with E-state index in [4.69, 9.17) is 0 Å². The maximum absolute atomic E-state index is 2.42. The highest BCUT2D eigenvalue weighted by Gasteiger charge is 2.44. The molecule has 2 aromatic rings. The quantitative estimate of drug-likeness (QED) is 0.593. The van der Waals surface area contributed by atoms with Crippen LogP contribution in [0.15, 0.2) is 60.7 Å². The smallest absolute Gasteiger partial charge is 0.141 e. The topological polar surface area (TPSA) is 6.48 Å². The first-order chi connectivity index (χ1) is 10.5. The highest BCUT2D eigenvalue weighted by atomic mass is 28.3. The van der Waals surface area contributed by atoms with Crippen molar-refractivity contribution in [3.05, 3.63) is 60.7 Å². The predicted octanol–water partition coefficient (Wildman–Crippen LogP) is 1.80. The molecular formula is C19H28N2Si. The number of hydrogen-bond acceptors (Lipinski definition) is 2. The fourth-order valence-electron chi connectivity index (χ4n) is 3.77. The van der Waals surface area contributed by atoms with Crippen molar-refractivity contribution in [3.63, 3.8) is 0 Å². The summed E-state index contributed by atoms with van der Waals surface area (Å²) >= 11 is 0. The summed E-state index contributed by atoms with van der Waals surface area (Å²) in [4.78, 5) is 4.84. The first-order valence-corrected chi connectivity index (χ1v) is 9.72. The Hall–Kier alpha value is -1.42. The van der Waals surface area contributed by atoms with Crippen molar-refractivity contribution in [1.29, 1.82) is 0 Å². The van der Waals surface area contributed by atoms with Crippen LogP contribution >= 0.6 is 0 Å². The first kappa shape index (κ1) is 16.9. The standard InChI is InChI=1S/C19H28N2Si/c1-6-19(20(2)3,21(4)5)22(17-13-9-7-10-14-17)18-15-11-8-12-16-18/h7-16,22H,6H2,1-5H3. The van der Waals surface area contributed by atoms with E-state index in [1.54, 1.807) is 0 Å². The van der Waals surface area contributed by atoms with E-state index < -0.39 is 8.80 Å². The molecule has 0 aliphatic heterocycles. The van der Waals surface area contributed by atoms with Gasteiger partial charge in [0.2, 0.25) is 0 Å². The third-order valence-electron chi connectivity index (χ3n) is 4.80. The second-order valence-electron chi connectivity index (χ2n) is 6.28. The molecule has 0 radical (unpaired) electrons. The Morgan fingerprint density at radius 1 is 0.727 bits per heavy atom. The van der Waals surface area contributed by atoms with Crippen LogP contribution in [-0.4, -0.2) is 52.1 Å². The van der Waals surface area contributed by atoms with Gasteiger partial charge in [0.25, 0.3) is 0 Å². The molecule has 0 aliphatic rings. The molecule has 0 spiro atoms. The molecule has 0 heterocycles. The van der Waals surface area contributed by atoms with Gasteiger partial charge >= 0.3 is 0 Å². The lowest BCUT2D eigenvalue weighted by Gasteiger charge is -2.50. The van der Waals surface area contributed by atoms with Gasteiger partial charge in [0, 0.05) is 0 Å². The van der Waals surface area contributed by atoms with Gasteiger partial charge in [-0.15, -0.1) is 0 Å². The Morgan fingerprint density at radius 2 is 1.09 bits per heavy atom. The van der Waals surface area contributed by atoms with Crippen molar-refractivity contribution in [2.45, 2.75) is 18.6 Å². The Bertz CT molecular complexity index is 519. The van der Waals surface area contributed by atoms with Crippen molar-refractivity contribution in [1.82, 2.24) is 9.80 Å². The van der Waals surface area contributed by atoms with E-state index in [1.807, 2.05) is 0 Å². The first-order valence-electron chi connectivity index (χ1n) is 7.98. The second kappa shape index (κ2) is 7.23. The minimum absolute atomic E-state index is 0.0721. The Balaban J connectivity index is 2.67. The molecule has 0 unspecified atom stereocenters. The van der Waals surface area contributed by atoms with Crippen molar-refractivity contribution in [2.24, 2.45) is 0 Å². The van der Waals surface area contributed by atoms with E-state index in [1.165, 1.54) is 10.4 Å². The zero-order valence-electron chi connectivity index (χ0n) is 14.5. The van der Waals surface area contributed by atoms with Crippen LogP contribution in [-0.2, 0) is 0 Å². The fourth-order valence-corrected chi connectivity index (χ4v) is 7.88. The van der Waals surface area contributed by atoms with Gasteiger partial charge in [-0.2, -0.15) is 0 Å². The number of benzene rings is 2. The summed E-state index contributed by atoms with van der Waals surface area (Å²) in [5.41, 5.74) is 0. The summed E-state index contributed by atoms with van der Waals surface area (Å²) in [5.74, 6) is 0. The number of nitrogens with zero attached hydrogens (tertiary/aromatic N) is 2. The van der Waals surface area contributed by atoms with Crippen LogP contribution in [0.2, 0.25) is 0 Å². The largest absolute Gasteiger partial charge is 0.294 e. The molecule has 0 saturated heterocycles. The molecule has 0 saturated carbocycles. The van der Waals surface area contributed by atoms with Gasteiger partial charge in [0.15, 0.2) is 0 Å². The molecule has 2 aromatic carbocycles. The monoisotopic (exact) mass is 312 g/mol. The normalized spacial score (nSPS) is 12.4. The van der Waals surface area contributed by atoms with Gasteiger partial charge in [-0.1, -0.05) is 78.0 Å². The Kier molecular flexibility index (Phi) is 5.56. The molecular weight excluding hydrogens is 284 g/mol. The SMILES string of the molecule is CCC(N(C)C)(N(C)C)[SiH](c1ccccc1)c1ccccc1. The zero-order valence-corrected chi connectivity index (χ0v) is 15.6. The lowest BCUT2D eigenvalue weighted by molar-refractivity contribution is 0.0757. The molecule has 118 valence electrons. The molecule has 0 atom stereocenters. The molecule has 0 N–H and O–H groups in total. The lowest BCUT2D eigenvalue weighted by Crippen LogP contribution is -2.72. The Morgan fingerprint density at radius 3 is 1.36 bits per heavy atom. The molecule has 0 amide bonds. The average Bonchev–Trinajstić information content (AvgIpc) is 2.53. The van der Waals surface area contributed by atoms with Gasteiger partial charge in [-0.3, -0.25) is 9.80 Å². The fraction of sp³-hybridized carbons (Fsp3) is 0.368. The molecule has 22 heavy (non-hydrogen) atoms. The summed E-state index contributed by atoms with van der Waals surface area (Å²) in [5, 5.41) is 3.07. The molecule has 0 fully saturated rings. The zero-order chi connectivity index (χ0) is 16.2. The van der Waals surface area contributed by atoms with E-state index >= 15 is 0 Å². The minimum atomic E-state index is -1.47. The van der Waals surface area contributed by atoms with E-state index in [0.29, 0.717) is 0 Å². The van der Waals surface area contributed by atoms with Crippen molar-refractivity contribution < 1.29 is 0 Å². The van der Waals surface area contributed by atoms with Gasteiger partial charge in [0.1, 0.15) is 8.80 Å². The van der Waals surface area contributed by atoms with Crippen LogP contribution in [0.5, 0.6) is 0 Å². The van der Waals surface area contributed by atoms with Gasteiger partial charge < -0.3 is 0 Å². The molecule has 2 rings (SSSR count). The molecule has 3 heteroatoms. The van der Waals surface area contributed by atoms with Crippen molar-refractivity contribution in [3.8, 4) is 0 Å². The van der Waals surface area contributed by atoms with E-state index in [9.17, 15) is 0 Å². The number of hydrogen-bond donors (Lipinski definition) is 0. The third kappa shape index (κ3) is 3.02. The van der Waals surface area contributed by atoms with Crippen molar-refractivity contribution >= 4 is 19.2 Å². The molecule has 0 aliphatic carbocycles. The molecule has 2 nitrogen and oxygen atoms in total. The van der Waals surface area contributed by atoms with Gasteiger partial charge in [0.05, 0.1) is 5.29 Å². The van der Waals surface area contributed by atoms with Crippen molar-refractivity contribution in [2.75, 3.05) is 28.2 Å². The average molecular weight is 313 g/mol. The second-order valence-corrected chi connectivity index (χ2v) is 9.40. The summed E-state index contributed by atoms with van der Waals surface area (Å²) in [6, 6.07) is 22.1. The number of rotatable bonds is 6. The van der Waals surface area contributed by atoms with E-state index in [-0.39, 0.29) is 5.29 Å². The summed E-state index contributed by atoms with van der Waals surface area (Å²) < 4.78 is 0. The summed E-state index contributed by atoms with van der Waals surface area (Å²) in [6.45, 7) is 2.31. The highest BCUT2D eigenvalue weighted by Crippen LogP contribution is 2.23. The third-order valence-corrected chi connectivity index (χ3v) is 9.27. The van der Waals surface area contributed by atoms with E-state index in [2.05, 4.69) is 106 Å². The van der Waals surface area contributed by atoms with Crippen LogP contribution in [0.1, 0.15) is 13.3 Å². The van der Waals surface area contributed by atoms with E-state index in [0.717, 1.165) is 6.42 Å². The van der Waals surface area contributed by atoms with Crippen LogP contribution in [0, 0.1) is 0 Å².